The molecular formula is C21H17N3O3. The molecule has 1 atom stereocenters. The van der Waals surface area contributed by atoms with E-state index in [0.717, 1.165) is 5.69 Å². The van der Waals surface area contributed by atoms with Crippen molar-refractivity contribution in [1.29, 1.82) is 0 Å². The van der Waals surface area contributed by atoms with Gasteiger partial charge in [0.05, 0.1) is 11.4 Å². The molecule has 0 saturated heterocycles. The highest BCUT2D eigenvalue weighted by Crippen LogP contribution is 2.31. The number of nitrogens with one attached hydrogen (secondary N) is 1. The third-order valence-corrected chi connectivity index (χ3v) is 3.97. The monoisotopic (exact) mass is 359 g/mol. The van der Waals surface area contributed by atoms with Crippen LogP contribution in [0.2, 0.25) is 0 Å². The second-order valence-electron chi connectivity index (χ2n) is 5.94. The lowest BCUT2D eigenvalue weighted by Crippen LogP contribution is -2.40. The van der Waals surface area contributed by atoms with Gasteiger partial charge in [-0.25, -0.2) is 0 Å². The van der Waals surface area contributed by atoms with Crippen molar-refractivity contribution in [3.63, 3.8) is 0 Å². The number of hydrogen-bond donors (Lipinski definition) is 1. The number of carbonyl (C=O) groups is 1. The van der Waals surface area contributed by atoms with Gasteiger partial charge in [0, 0.05) is 5.69 Å². The Bertz CT molecular complexity index is 956. The first-order chi connectivity index (χ1) is 13.3. The Labute approximate surface area is 156 Å². The van der Waals surface area contributed by atoms with Gasteiger partial charge in [0.1, 0.15) is 6.61 Å². The van der Waals surface area contributed by atoms with E-state index >= 15 is 0 Å². The molecule has 1 amide bonds. The molecule has 27 heavy (non-hydrogen) atoms. The smallest absolute Gasteiger partial charge is 0.269 e. The molecule has 0 aliphatic carbocycles. The Morgan fingerprint density at radius 2 is 1.44 bits per heavy atom. The van der Waals surface area contributed by atoms with Crippen LogP contribution in [-0.4, -0.2) is 18.6 Å². The number of rotatable bonds is 4. The number of anilines is 1. The van der Waals surface area contributed by atoms with Gasteiger partial charge >= 0.3 is 0 Å². The predicted octanol–water partition coefficient (Wildman–Crippen LogP) is 4.88. The number of azo groups is 1. The van der Waals surface area contributed by atoms with Crippen molar-refractivity contribution < 1.29 is 14.3 Å². The van der Waals surface area contributed by atoms with E-state index in [2.05, 4.69) is 15.5 Å². The summed E-state index contributed by atoms with van der Waals surface area (Å²) >= 11 is 0. The molecule has 134 valence electrons. The molecule has 1 N–H and O–H groups in total. The fourth-order valence-electron chi connectivity index (χ4n) is 2.59. The van der Waals surface area contributed by atoms with Gasteiger partial charge in [-0.1, -0.05) is 30.3 Å². The molecule has 0 aromatic heterocycles. The number of para-hydroxylation sites is 2. The molecule has 0 bridgehead atoms. The van der Waals surface area contributed by atoms with Gasteiger partial charge in [-0.15, -0.1) is 0 Å². The molecule has 1 aliphatic heterocycles. The molecule has 0 fully saturated rings. The van der Waals surface area contributed by atoms with Crippen LogP contribution in [0.1, 0.15) is 0 Å². The number of ether oxygens (including phenoxy) is 2. The molecule has 3 aromatic carbocycles. The summed E-state index contributed by atoms with van der Waals surface area (Å²) in [5.41, 5.74) is 2.13. The van der Waals surface area contributed by atoms with E-state index in [-0.39, 0.29) is 12.5 Å². The molecule has 3 aromatic rings. The number of amides is 1. The maximum atomic E-state index is 12.4. The van der Waals surface area contributed by atoms with Gasteiger partial charge in [-0.3, -0.25) is 4.79 Å². The molecule has 0 radical (unpaired) electrons. The first-order valence-electron chi connectivity index (χ1n) is 8.54. The normalized spacial score (nSPS) is 15.5. The van der Waals surface area contributed by atoms with Crippen LogP contribution in [-0.2, 0) is 4.79 Å². The second-order valence-corrected chi connectivity index (χ2v) is 5.94. The lowest BCUT2D eigenvalue weighted by molar-refractivity contribution is -0.125. The fraction of sp³-hybridized carbons (Fsp3) is 0.0952. The van der Waals surface area contributed by atoms with E-state index in [9.17, 15) is 4.79 Å². The molecule has 1 aliphatic rings. The van der Waals surface area contributed by atoms with Crippen LogP contribution in [0.15, 0.2) is 89.1 Å². The first-order valence-corrected chi connectivity index (χ1v) is 8.54. The van der Waals surface area contributed by atoms with Crippen LogP contribution >= 0.6 is 0 Å². The van der Waals surface area contributed by atoms with Gasteiger partial charge in [0.15, 0.2) is 11.5 Å². The van der Waals surface area contributed by atoms with Gasteiger partial charge in [0.2, 0.25) is 6.10 Å². The van der Waals surface area contributed by atoms with Crippen molar-refractivity contribution in [3.8, 4) is 11.5 Å². The Morgan fingerprint density at radius 1 is 0.815 bits per heavy atom. The number of hydrogen-bond acceptors (Lipinski definition) is 5. The van der Waals surface area contributed by atoms with E-state index < -0.39 is 6.10 Å². The van der Waals surface area contributed by atoms with Gasteiger partial charge in [-0.05, 0) is 48.5 Å². The maximum absolute atomic E-state index is 12.4. The lowest BCUT2D eigenvalue weighted by Gasteiger charge is -2.25. The summed E-state index contributed by atoms with van der Waals surface area (Å²) < 4.78 is 11.3. The van der Waals surface area contributed by atoms with E-state index in [1.54, 1.807) is 30.3 Å². The average Bonchev–Trinajstić information content (AvgIpc) is 2.73. The minimum Gasteiger partial charge on any atom is -0.485 e. The van der Waals surface area contributed by atoms with E-state index in [0.29, 0.717) is 22.9 Å². The molecule has 1 unspecified atom stereocenters. The number of fused-ring (bicyclic) bond motifs is 1. The molecule has 0 spiro atoms. The Hall–Kier alpha value is -3.67. The van der Waals surface area contributed by atoms with Crippen LogP contribution in [0.5, 0.6) is 11.5 Å². The molecular weight excluding hydrogens is 342 g/mol. The Morgan fingerprint density at radius 3 is 2.19 bits per heavy atom. The van der Waals surface area contributed by atoms with E-state index in [4.69, 9.17) is 9.47 Å². The van der Waals surface area contributed by atoms with Crippen LogP contribution in [0.3, 0.4) is 0 Å². The van der Waals surface area contributed by atoms with Crippen LogP contribution in [0.4, 0.5) is 17.1 Å². The summed E-state index contributed by atoms with van der Waals surface area (Å²) in [5.74, 6) is 0.957. The van der Waals surface area contributed by atoms with Crippen LogP contribution in [0.25, 0.3) is 0 Å². The fourth-order valence-corrected chi connectivity index (χ4v) is 2.59. The van der Waals surface area contributed by atoms with Crippen molar-refractivity contribution in [2.75, 3.05) is 11.9 Å². The van der Waals surface area contributed by atoms with Gasteiger partial charge < -0.3 is 14.8 Å². The minimum atomic E-state index is -0.697. The maximum Gasteiger partial charge on any atom is 0.269 e. The Balaban J connectivity index is 1.37. The Kier molecular flexibility index (Phi) is 4.78. The molecule has 6 heteroatoms. The average molecular weight is 359 g/mol. The predicted molar refractivity (Wildman–Crippen MR) is 102 cm³/mol. The summed E-state index contributed by atoms with van der Waals surface area (Å²) in [6, 6.07) is 23.9. The molecule has 6 nitrogen and oxygen atoms in total. The van der Waals surface area contributed by atoms with Gasteiger partial charge in [-0.2, -0.15) is 10.2 Å². The molecule has 1 heterocycles. The molecule has 4 rings (SSSR count). The summed E-state index contributed by atoms with van der Waals surface area (Å²) in [6.07, 6.45) is -0.697. The SMILES string of the molecule is O=C(Nc1ccc(N=Nc2ccccc2)cc1)C1COc2ccccc2O1. The summed E-state index contributed by atoms with van der Waals surface area (Å²) in [4.78, 5) is 12.4. The highest BCUT2D eigenvalue weighted by Gasteiger charge is 2.27. The van der Waals surface area contributed by atoms with Gasteiger partial charge in [0.25, 0.3) is 5.91 Å². The van der Waals surface area contributed by atoms with Crippen molar-refractivity contribution in [3.05, 3.63) is 78.9 Å². The van der Waals surface area contributed by atoms with Crippen molar-refractivity contribution in [1.82, 2.24) is 0 Å². The highest BCUT2D eigenvalue weighted by molar-refractivity contribution is 5.94. The summed E-state index contributed by atoms with van der Waals surface area (Å²) in [5, 5.41) is 11.2. The largest absolute Gasteiger partial charge is 0.485 e. The summed E-state index contributed by atoms with van der Waals surface area (Å²) in [7, 11) is 0. The minimum absolute atomic E-state index is 0.173. The quantitative estimate of drug-likeness (QED) is 0.675. The van der Waals surface area contributed by atoms with Crippen LogP contribution < -0.4 is 14.8 Å². The molecule has 0 saturated carbocycles. The third-order valence-electron chi connectivity index (χ3n) is 3.97. The zero-order valence-electron chi connectivity index (χ0n) is 14.4. The zero-order chi connectivity index (χ0) is 18.5. The van der Waals surface area contributed by atoms with Crippen molar-refractivity contribution >= 4 is 23.0 Å². The first kappa shape index (κ1) is 16.8. The van der Waals surface area contributed by atoms with Crippen molar-refractivity contribution in [2.45, 2.75) is 6.10 Å². The highest BCUT2D eigenvalue weighted by atomic mass is 16.6. The number of nitrogens with zero attached hydrogens (tertiary/aromatic N) is 2. The number of carbonyl (C=O) groups excluding carboxylic acids is 1. The van der Waals surface area contributed by atoms with E-state index in [1.165, 1.54) is 0 Å². The summed E-state index contributed by atoms with van der Waals surface area (Å²) in [6.45, 7) is 0.173. The van der Waals surface area contributed by atoms with Crippen molar-refractivity contribution in [2.24, 2.45) is 10.2 Å². The second kappa shape index (κ2) is 7.70. The third kappa shape index (κ3) is 4.12. The van der Waals surface area contributed by atoms with Crippen LogP contribution in [0, 0.1) is 0 Å². The lowest BCUT2D eigenvalue weighted by atomic mass is 10.2. The standard InChI is InChI=1S/C21H17N3O3/c25-21(20-14-26-18-8-4-5-9-19(18)27-20)22-15-10-12-17(13-11-15)24-23-16-6-2-1-3-7-16/h1-13,20H,14H2,(H,22,25). The van der Waals surface area contributed by atoms with E-state index in [1.807, 2.05) is 48.5 Å². The topological polar surface area (TPSA) is 72.3 Å². The zero-order valence-corrected chi connectivity index (χ0v) is 14.4. The number of benzene rings is 3.